The highest BCUT2D eigenvalue weighted by molar-refractivity contribution is 9.10. The van der Waals surface area contributed by atoms with E-state index in [4.69, 9.17) is 5.11 Å². The van der Waals surface area contributed by atoms with Crippen LogP contribution in [0.5, 0.6) is 0 Å². The molecule has 0 unspecified atom stereocenters. The lowest BCUT2D eigenvalue weighted by Gasteiger charge is -2.24. The Balaban J connectivity index is 2.63. The summed E-state index contributed by atoms with van der Waals surface area (Å²) in [6.07, 6.45) is 1.48. The zero-order valence-electron chi connectivity index (χ0n) is 11.2. The summed E-state index contributed by atoms with van der Waals surface area (Å²) in [4.78, 5) is 11.9. The third-order valence-electron chi connectivity index (χ3n) is 2.94. The fourth-order valence-corrected chi connectivity index (χ4v) is 2.11. The minimum absolute atomic E-state index is 0.0346. The molecule has 5 heteroatoms. The lowest BCUT2D eigenvalue weighted by molar-refractivity contribution is 0.0928. The minimum atomic E-state index is -0.548. The van der Waals surface area contributed by atoms with Crippen LogP contribution in [0.2, 0.25) is 0 Å². The van der Waals surface area contributed by atoms with Gasteiger partial charge in [-0.05, 0) is 46.3 Å². The Morgan fingerprint density at radius 1 is 1.47 bits per heavy atom. The molecular weight excluding hydrogens is 313 g/mol. The van der Waals surface area contributed by atoms with Gasteiger partial charge in [0.1, 0.15) is 5.82 Å². The molecule has 3 nitrogen and oxygen atoms in total. The van der Waals surface area contributed by atoms with Gasteiger partial charge in [0.25, 0.3) is 5.91 Å². The summed E-state index contributed by atoms with van der Waals surface area (Å²) in [7, 11) is 0. The number of carbonyl (C=O) groups is 1. The average molecular weight is 332 g/mol. The van der Waals surface area contributed by atoms with Gasteiger partial charge in [-0.2, -0.15) is 0 Å². The normalized spacial score (nSPS) is 11.4. The average Bonchev–Trinajstić information content (AvgIpc) is 2.37. The Labute approximate surface area is 121 Å². The van der Waals surface area contributed by atoms with Crippen molar-refractivity contribution in [3.63, 3.8) is 0 Å². The number of amides is 1. The maximum absolute atomic E-state index is 13.7. The quantitative estimate of drug-likeness (QED) is 0.841. The van der Waals surface area contributed by atoms with E-state index in [1.165, 1.54) is 6.07 Å². The van der Waals surface area contributed by atoms with Gasteiger partial charge in [-0.3, -0.25) is 4.79 Å². The lowest BCUT2D eigenvalue weighted by atomic mass is 9.88. The Bertz CT molecular complexity index is 449. The summed E-state index contributed by atoms with van der Waals surface area (Å²) in [6, 6.07) is 4.63. The summed E-state index contributed by atoms with van der Waals surface area (Å²) in [5.74, 6) is -0.968. The van der Waals surface area contributed by atoms with Crippen LogP contribution in [0.1, 0.15) is 37.0 Å². The molecule has 2 N–H and O–H groups in total. The van der Waals surface area contributed by atoms with Gasteiger partial charge < -0.3 is 10.4 Å². The molecule has 0 radical (unpaired) electrons. The van der Waals surface area contributed by atoms with E-state index in [2.05, 4.69) is 21.2 Å². The summed E-state index contributed by atoms with van der Waals surface area (Å²) < 4.78 is 14.0. The Morgan fingerprint density at radius 2 is 2.16 bits per heavy atom. The van der Waals surface area contributed by atoms with Crippen LogP contribution in [0.4, 0.5) is 4.39 Å². The van der Waals surface area contributed by atoms with Crippen LogP contribution in [-0.2, 0) is 0 Å². The fraction of sp³-hybridized carbons (Fsp3) is 0.500. The molecular formula is C14H19BrFNO2. The van der Waals surface area contributed by atoms with Gasteiger partial charge in [0, 0.05) is 13.2 Å². The van der Waals surface area contributed by atoms with E-state index >= 15 is 0 Å². The van der Waals surface area contributed by atoms with Crippen LogP contribution in [0.3, 0.4) is 0 Å². The van der Waals surface area contributed by atoms with Crippen molar-refractivity contribution in [3.05, 3.63) is 34.1 Å². The number of rotatable bonds is 6. The molecule has 0 aliphatic carbocycles. The molecule has 0 aliphatic heterocycles. The zero-order chi connectivity index (χ0) is 14.5. The van der Waals surface area contributed by atoms with Crippen molar-refractivity contribution in [2.75, 3.05) is 13.2 Å². The number of benzene rings is 1. The second kappa shape index (κ2) is 7.01. The predicted molar refractivity (Wildman–Crippen MR) is 76.5 cm³/mol. The number of halogens is 2. The Kier molecular flexibility index (Phi) is 5.94. The molecule has 0 aromatic heterocycles. The van der Waals surface area contributed by atoms with Crippen molar-refractivity contribution >= 4 is 21.8 Å². The smallest absolute Gasteiger partial charge is 0.254 e. The van der Waals surface area contributed by atoms with Gasteiger partial charge in [-0.15, -0.1) is 0 Å². The van der Waals surface area contributed by atoms with Crippen LogP contribution >= 0.6 is 15.9 Å². The van der Waals surface area contributed by atoms with Crippen molar-refractivity contribution in [2.24, 2.45) is 5.41 Å². The van der Waals surface area contributed by atoms with Gasteiger partial charge in [0.15, 0.2) is 0 Å². The molecule has 1 aromatic rings. The standard InChI is InChI=1S/C14H19BrFNO2/c1-14(2,7-4-8-18)9-17-13(19)10-5-3-6-11(15)12(10)16/h3,5-6,18H,4,7-9H2,1-2H3,(H,17,19). The number of aliphatic hydroxyl groups is 1. The second-order valence-corrected chi connectivity index (χ2v) is 6.13. The van der Waals surface area contributed by atoms with Crippen LogP contribution in [0.25, 0.3) is 0 Å². The van der Waals surface area contributed by atoms with Crippen LogP contribution < -0.4 is 5.32 Å². The molecule has 1 rings (SSSR count). The number of hydrogen-bond donors (Lipinski definition) is 2. The second-order valence-electron chi connectivity index (χ2n) is 5.28. The SMILES string of the molecule is CC(C)(CCCO)CNC(=O)c1cccc(Br)c1F. The third-order valence-corrected chi connectivity index (χ3v) is 3.55. The highest BCUT2D eigenvalue weighted by atomic mass is 79.9. The Morgan fingerprint density at radius 3 is 2.79 bits per heavy atom. The monoisotopic (exact) mass is 331 g/mol. The van der Waals surface area contributed by atoms with Crippen LogP contribution in [-0.4, -0.2) is 24.2 Å². The van der Waals surface area contributed by atoms with Gasteiger partial charge in [-0.1, -0.05) is 19.9 Å². The summed E-state index contributed by atoms with van der Waals surface area (Å²) in [6.45, 7) is 4.58. The molecule has 0 heterocycles. The van der Waals surface area contributed by atoms with E-state index in [1.807, 2.05) is 13.8 Å². The van der Waals surface area contributed by atoms with Gasteiger partial charge in [0.05, 0.1) is 10.0 Å². The fourth-order valence-electron chi connectivity index (χ4n) is 1.74. The van der Waals surface area contributed by atoms with Crippen molar-refractivity contribution in [2.45, 2.75) is 26.7 Å². The van der Waals surface area contributed by atoms with E-state index in [0.717, 1.165) is 6.42 Å². The van der Waals surface area contributed by atoms with E-state index in [-0.39, 0.29) is 22.1 Å². The molecule has 19 heavy (non-hydrogen) atoms. The molecule has 0 bridgehead atoms. The van der Waals surface area contributed by atoms with E-state index in [9.17, 15) is 9.18 Å². The van der Waals surface area contributed by atoms with Crippen LogP contribution in [0.15, 0.2) is 22.7 Å². The first kappa shape index (κ1) is 16.1. The van der Waals surface area contributed by atoms with Crippen LogP contribution in [0, 0.1) is 11.2 Å². The molecule has 0 saturated carbocycles. The first-order chi connectivity index (χ1) is 8.87. The topological polar surface area (TPSA) is 49.3 Å². The maximum atomic E-state index is 13.7. The predicted octanol–water partition coefficient (Wildman–Crippen LogP) is 3.12. The summed E-state index contributed by atoms with van der Waals surface area (Å²) >= 11 is 3.06. The summed E-state index contributed by atoms with van der Waals surface area (Å²) in [5, 5.41) is 11.5. The van der Waals surface area contributed by atoms with Gasteiger partial charge in [0.2, 0.25) is 0 Å². The van der Waals surface area contributed by atoms with E-state index in [1.54, 1.807) is 12.1 Å². The lowest BCUT2D eigenvalue weighted by Crippen LogP contribution is -2.34. The number of nitrogens with one attached hydrogen (secondary N) is 1. The molecule has 0 saturated heterocycles. The van der Waals surface area contributed by atoms with E-state index < -0.39 is 11.7 Å². The highest BCUT2D eigenvalue weighted by Crippen LogP contribution is 2.22. The molecule has 1 amide bonds. The van der Waals surface area contributed by atoms with Crippen molar-refractivity contribution in [3.8, 4) is 0 Å². The first-order valence-corrected chi connectivity index (χ1v) is 7.00. The number of aliphatic hydroxyl groups excluding tert-OH is 1. The van der Waals surface area contributed by atoms with Gasteiger partial charge in [-0.25, -0.2) is 4.39 Å². The number of hydrogen-bond acceptors (Lipinski definition) is 2. The molecule has 106 valence electrons. The van der Waals surface area contributed by atoms with Crippen molar-refractivity contribution < 1.29 is 14.3 Å². The largest absolute Gasteiger partial charge is 0.396 e. The molecule has 0 atom stereocenters. The minimum Gasteiger partial charge on any atom is -0.396 e. The van der Waals surface area contributed by atoms with E-state index in [0.29, 0.717) is 13.0 Å². The highest BCUT2D eigenvalue weighted by Gasteiger charge is 2.20. The molecule has 0 spiro atoms. The summed E-state index contributed by atoms with van der Waals surface area (Å²) in [5.41, 5.74) is -0.0896. The first-order valence-electron chi connectivity index (χ1n) is 6.20. The molecule has 1 aromatic carbocycles. The maximum Gasteiger partial charge on any atom is 0.254 e. The third kappa shape index (κ3) is 4.91. The molecule has 0 aliphatic rings. The van der Waals surface area contributed by atoms with Crippen molar-refractivity contribution in [1.29, 1.82) is 0 Å². The molecule has 0 fully saturated rings. The van der Waals surface area contributed by atoms with Gasteiger partial charge >= 0.3 is 0 Å². The Hall–Kier alpha value is -0.940. The zero-order valence-corrected chi connectivity index (χ0v) is 12.8. The number of carbonyl (C=O) groups excluding carboxylic acids is 1. The van der Waals surface area contributed by atoms with Crippen molar-refractivity contribution in [1.82, 2.24) is 5.32 Å².